The van der Waals surface area contributed by atoms with Crippen LogP contribution < -0.4 is 4.90 Å². The second-order valence-electron chi connectivity index (χ2n) is 10.0. The number of aryl methyl sites for hydroxylation is 2. The van der Waals surface area contributed by atoms with Gasteiger partial charge in [0.25, 0.3) is 5.69 Å². The maximum absolute atomic E-state index is 13.7. The Balaban J connectivity index is 1.53. The van der Waals surface area contributed by atoms with Crippen molar-refractivity contribution >= 4 is 23.2 Å². The number of ether oxygens (including phenoxy) is 2. The number of carbonyl (C=O) groups is 2. The van der Waals surface area contributed by atoms with E-state index in [9.17, 15) is 29.9 Å². The van der Waals surface area contributed by atoms with Gasteiger partial charge in [0.1, 0.15) is 5.75 Å². The van der Waals surface area contributed by atoms with Crippen molar-refractivity contribution in [3.63, 3.8) is 0 Å². The first kappa shape index (κ1) is 24.4. The van der Waals surface area contributed by atoms with Crippen molar-refractivity contribution in [3.05, 3.63) is 63.2 Å². The number of aliphatic hydroxyl groups is 1. The Labute approximate surface area is 207 Å². The molecule has 6 atom stereocenters. The molecule has 2 saturated heterocycles. The summed E-state index contributed by atoms with van der Waals surface area (Å²) in [6.07, 6.45) is -0.0727. The smallest absolute Gasteiger partial charge is 0.271 e. The van der Waals surface area contributed by atoms with Crippen LogP contribution in [0.2, 0.25) is 0 Å². The summed E-state index contributed by atoms with van der Waals surface area (Å²) in [7, 11) is 1.50. The number of nitro benzene ring substituents is 1. The standard InChI is InChI=1S/C26H28N2O8/c1-13-7-15(8-14(2)23(13)29)21-11-20-22-19(9-16(12-35-3)26(20,32)36-21)24(30)27(25(22)31)17-5-4-6-18(10-17)28(33)34/h4-8,10,16,19-22,29,32H,9,11-12H2,1-3H3/t16-,19+,20+,21+,22+,26-/m1/s1. The number of anilines is 1. The van der Waals surface area contributed by atoms with Gasteiger partial charge < -0.3 is 19.7 Å². The van der Waals surface area contributed by atoms with Gasteiger partial charge in [-0.3, -0.25) is 19.7 Å². The van der Waals surface area contributed by atoms with Crippen LogP contribution in [0.1, 0.15) is 35.6 Å². The number of non-ortho nitro benzene ring substituents is 1. The maximum atomic E-state index is 13.7. The molecule has 0 radical (unpaired) electrons. The number of hydrogen-bond donors (Lipinski definition) is 2. The summed E-state index contributed by atoms with van der Waals surface area (Å²) in [5, 5.41) is 33.3. The molecular formula is C26H28N2O8. The Morgan fingerprint density at radius 1 is 1.17 bits per heavy atom. The molecule has 3 fully saturated rings. The van der Waals surface area contributed by atoms with E-state index >= 15 is 0 Å². The minimum atomic E-state index is -1.70. The number of amides is 2. The van der Waals surface area contributed by atoms with Gasteiger partial charge in [-0.25, -0.2) is 4.90 Å². The lowest BCUT2D eigenvalue weighted by molar-refractivity contribution is -0.384. The molecule has 0 unspecified atom stereocenters. The number of phenols is 1. The minimum absolute atomic E-state index is 0.134. The number of methoxy groups -OCH3 is 1. The number of nitro groups is 1. The number of aromatic hydroxyl groups is 1. The van der Waals surface area contributed by atoms with Gasteiger partial charge in [-0.15, -0.1) is 0 Å². The van der Waals surface area contributed by atoms with Gasteiger partial charge in [0.15, 0.2) is 5.79 Å². The number of fused-ring (bicyclic) bond motifs is 3. The van der Waals surface area contributed by atoms with E-state index in [1.54, 1.807) is 26.0 Å². The van der Waals surface area contributed by atoms with E-state index in [0.29, 0.717) is 17.5 Å². The van der Waals surface area contributed by atoms with Crippen molar-refractivity contribution in [2.24, 2.45) is 23.7 Å². The van der Waals surface area contributed by atoms with Gasteiger partial charge in [-0.05, 0) is 61.6 Å². The second kappa shape index (κ2) is 8.65. The van der Waals surface area contributed by atoms with E-state index in [0.717, 1.165) is 10.5 Å². The van der Waals surface area contributed by atoms with Crippen LogP contribution in [-0.4, -0.2) is 46.5 Å². The second-order valence-corrected chi connectivity index (χ2v) is 10.0. The molecule has 2 aromatic carbocycles. The third-order valence-electron chi connectivity index (χ3n) is 7.92. The highest BCUT2D eigenvalue weighted by molar-refractivity contribution is 6.22. The highest BCUT2D eigenvalue weighted by Crippen LogP contribution is 2.58. The molecule has 0 aromatic heterocycles. The number of rotatable bonds is 5. The summed E-state index contributed by atoms with van der Waals surface area (Å²) in [6.45, 7) is 3.69. The molecule has 1 aliphatic carbocycles. The molecule has 2 aliphatic heterocycles. The summed E-state index contributed by atoms with van der Waals surface area (Å²) in [6, 6.07) is 9.04. The molecular weight excluding hydrogens is 468 g/mol. The molecule has 10 heteroatoms. The fourth-order valence-electron chi connectivity index (χ4n) is 6.26. The lowest BCUT2D eigenvalue weighted by Gasteiger charge is -2.44. The molecule has 36 heavy (non-hydrogen) atoms. The van der Waals surface area contributed by atoms with Crippen molar-refractivity contribution in [1.82, 2.24) is 0 Å². The molecule has 0 spiro atoms. The fraction of sp³-hybridized carbons (Fsp3) is 0.462. The topological polar surface area (TPSA) is 139 Å². The van der Waals surface area contributed by atoms with Crippen LogP contribution in [0, 0.1) is 47.6 Å². The zero-order valence-electron chi connectivity index (χ0n) is 20.2. The van der Waals surface area contributed by atoms with E-state index in [-0.39, 0.29) is 30.2 Å². The van der Waals surface area contributed by atoms with Crippen LogP contribution in [0.25, 0.3) is 0 Å². The normalized spacial score (nSPS) is 31.4. The fourth-order valence-corrected chi connectivity index (χ4v) is 6.26. The number of carbonyl (C=O) groups excluding carboxylic acids is 2. The summed E-state index contributed by atoms with van der Waals surface area (Å²) >= 11 is 0. The Bertz CT molecular complexity index is 1240. The van der Waals surface area contributed by atoms with Crippen LogP contribution in [0.5, 0.6) is 5.75 Å². The Morgan fingerprint density at radius 2 is 1.86 bits per heavy atom. The van der Waals surface area contributed by atoms with Crippen LogP contribution in [-0.2, 0) is 19.1 Å². The van der Waals surface area contributed by atoms with Crippen molar-refractivity contribution in [3.8, 4) is 5.75 Å². The first-order valence-corrected chi connectivity index (χ1v) is 11.9. The average Bonchev–Trinajstić information content (AvgIpc) is 3.32. The summed E-state index contributed by atoms with van der Waals surface area (Å²) in [5.41, 5.74) is 2.03. The largest absolute Gasteiger partial charge is 0.507 e. The zero-order valence-corrected chi connectivity index (χ0v) is 20.2. The Kier molecular flexibility index (Phi) is 5.85. The van der Waals surface area contributed by atoms with Crippen molar-refractivity contribution < 1.29 is 34.2 Å². The molecule has 10 nitrogen and oxygen atoms in total. The maximum Gasteiger partial charge on any atom is 0.271 e. The SMILES string of the molecule is COC[C@H]1C[C@@H]2C(=O)N(c3cccc([N+](=O)[O-])c3)C(=O)[C@@H]2[C@@H]2C[C@@H](c3cc(C)c(O)c(C)c3)O[C@]12O. The van der Waals surface area contributed by atoms with E-state index in [4.69, 9.17) is 9.47 Å². The van der Waals surface area contributed by atoms with Crippen LogP contribution in [0.4, 0.5) is 11.4 Å². The predicted octanol–water partition coefficient (Wildman–Crippen LogP) is 3.16. The summed E-state index contributed by atoms with van der Waals surface area (Å²) < 4.78 is 11.6. The molecule has 1 saturated carbocycles. The first-order valence-electron chi connectivity index (χ1n) is 11.9. The van der Waals surface area contributed by atoms with Crippen molar-refractivity contribution in [1.29, 1.82) is 0 Å². The molecule has 2 N–H and O–H groups in total. The minimum Gasteiger partial charge on any atom is -0.507 e. The van der Waals surface area contributed by atoms with Gasteiger partial charge in [-0.1, -0.05) is 6.07 Å². The molecule has 5 rings (SSSR count). The van der Waals surface area contributed by atoms with E-state index in [2.05, 4.69) is 0 Å². The van der Waals surface area contributed by atoms with Crippen LogP contribution in [0.3, 0.4) is 0 Å². The highest BCUT2D eigenvalue weighted by Gasteiger charge is 2.67. The highest BCUT2D eigenvalue weighted by atomic mass is 16.6. The van der Waals surface area contributed by atoms with E-state index in [1.165, 1.54) is 31.4 Å². The quantitative estimate of drug-likeness (QED) is 0.366. The lowest BCUT2D eigenvalue weighted by Crippen LogP contribution is -2.54. The predicted molar refractivity (Wildman–Crippen MR) is 127 cm³/mol. The molecule has 0 bridgehead atoms. The third kappa shape index (κ3) is 3.59. The number of phenolic OH excluding ortho intramolecular Hbond substituents is 1. The Morgan fingerprint density at radius 3 is 2.50 bits per heavy atom. The van der Waals surface area contributed by atoms with E-state index in [1.807, 2.05) is 0 Å². The molecule has 190 valence electrons. The number of imide groups is 1. The summed E-state index contributed by atoms with van der Waals surface area (Å²) in [5.74, 6) is -5.21. The molecule has 2 amide bonds. The Hall–Kier alpha value is -3.34. The first-order chi connectivity index (χ1) is 17.1. The zero-order chi connectivity index (χ0) is 25.9. The van der Waals surface area contributed by atoms with Gasteiger partial charge in [0.05, 0.1) is 35.2 Å². The van der Waals surface area contributed by atoms with Crippen molar-refractivity contribution in [2.75, 3.05) is 18.6 Å². The third-order valence-corrected chi connectivity index (χ3v) is 7.92. The molecule has 2 heterocycles. The number of hydrogen-bond acceptors (Lipinski definition) is 8. The summed E-state index contributed by atoms with van der Waals surface area (Å²) in [4.78, 5) is 38.9. The number of benzene rings is 2. The van der Waals surface area contributed by atoms with Crippen molar-refractivity contribution in [2.45, 2.75) is 38.6 Å². The van der Waals surface area contributed by atoms with Crippen LogP contribution in [0.15, 0.2) is 36.4 Å². The monoisotopic (exact) mass is 496 g/mol. The lowest BCUT2D eigenvalue weighted by atomic mass is 9.64. The molecule has 3 aliphatic rings. The number of nitrogens with zero attached hydrogens (tertiary/aromatic N) is 2. The van der Waals surface area contributed by atoms with Gasteiger partial charge in [0, 0.05) is 31.1 Å². The molecule has 2 aromatic rings. The van der Waals surface area contributed by atoms with Gasteiger partial charge in [-0.2, -0.15) is 0 Å². The van der Waals surface area contributed by atoms with Gasteiger partial charge in [0.2, 0.25) is 11.8 Å². The van der Waals surface area contributed by atoms with Crippen LogP contribution >= 0.6 is 0 Å². The van der Waals surface area contributed by atoms with E-state index < -0.39 is 52.3 Å². The average molecular weight is 497 g/mol. The van der Waals surface area contributed by atoms with Gasteiger partial charge >= 0.3 is 0 Å².